The predicted molar refractivity (Wildman–Crippen MR) is 79.8 cm³/mol. The van der Waals surface area contributed by atoms with Crippen molar-refractivity contribution in [3.63, 3.8) is 0 Å². The maximum atomic E-state index is 11.9. The van der Waals surface area contributed by atoms with Gasteiger partial charge in [0, 0.05) is 6.54 Å². The van der Waals surface area contributed by atoms with Gasteiger partial charge < -0.3 is 5.11 Å². The average Bonchev–Trinajstić information content (AvgIpc) is 2.43. The molecule has 6 heteroatoms. The highest BCUT2D eigenvalue weighted by Gasteiger charge is 2.12. The Labute approximate surface area is 119 Å². The summed E-state index contributed by atoms with van der Waals surface area (Å²) in [4.78, 5) is 0.244. The summed E-state index contributed by atoms with van der Waals surface area (Å²) in [7, 11) is -3.41. The molecule has 0 saturated heterocycles. The van der Waals surface area contributed by atoms with E-state index in [2.05, 4.69) is 11.0 Å². The molecule has 0 aromatic heterocycles. The fourth-order valence-corrected chi connectivity index (χ4v) is 3.18. The quantitative estimate of drug-likeness (QED) is 0.685. The number of hydrogen-bond donors (Lipinski definition) is 2. The maximum Gasteiger partial charge on any atom is 0.240 e. The van der Waals surface area contributed by atoms with Crippen LogP contribution < -0.4 is 4.72 Å². The van der Waals surface area contributed by atoms with Crippen molar-refractivity contribution >= 4 is 21.8 Å². The monoisotopic (exact) mass is 303 g/mol. The summed E-state index contributed by atoms with van der Waals surface area (Å²) >= 11 is 1.81. The zero-order valence-electron chi connectivity index (χ0n) is 11.1. The molecule has 0 radical (unpaired) electrons. The van der Waals surface area contributed by atoms with Gasteiger partial charge in [0.1, 0.15) is 0 Å². The second kappa shape index (κ2) is 8.58. The van der Waals surface area contributed by atoms with Gasteiger partial charge in [-0.25, -0.2) is 13.1 Å². The van der Waals surface area contributed by atoms with E-state index in [1.54, 1.807) is 23.9 Å². The molecule has 0 fully saturated rings. The van der Waals surface area contributed by atoms with Crippen molar-refractivity contribution in [3.05, 3.63) is 29.8 Å². The highest BCUT2D eigenvalue weighted by Crippen LogP contribution is 2.10. The zero-order valence-corrected chi connectivity index (χ0v) is 12.8. The molecule has 0 unspecified atom stereocenters. The highest BCUT2D eigenvalue weighted by atomic mass is 32.2. The Morgan fingerprint density at radius 3 is 2.42 bits per heavy atom. The lowest BCUT2D eigenvalue weighted by molar-refractivity contribution is 0.282. The summed E-state index contributed by atoms with van der Waals surface area (Å²) in [5, 5.41) is 8.91. The smallest absolute Gasteiger partial charge is 0.240 e. The van der Waals surface area contributed by atoms with E-state index >= 15 is 0 Å². The molecule has 0 spiro atoms. The van der Waals surface area contributed by atoms with Gasteiger partial charge in [-0.3, -0.25) is 0 Å². The number of rotatable bonds is 9. The Kier molecular flexibility index (Phi) is 7.45. The van der Waals surface area contributed by atoms with Crippen LogP contribution in [0.4, 0.5) is 0 Å². The van der Waals surface area contributed by atoms with Gasteiger partial charge >= 0.3 is 0 Å². The van der Waals surface area contributed by atoms with Gasteiger partial charge in [-0.15, -0.1) is 0 Å². The van der Waals surface area contributed by atoms with Gasteiger partial charge in [-0.05, 0) is 42.5 Å². The third-order valence-electron chi connectivity index (χ3n) is 2.73. The van der Waals surface area contributed by atoms with E-state index in [-0.39, 0.29) is 11.5 Å². The molecule has 0 saturated carbocycles. The Morgan fingerprint density at radius 2 is 1.84 bits per heavy atom. The molecule has 1 aromatic carbocycles. The molecular formula is C13H21NO3S2. The van der Waals surface area contributed by atoms with Gasteiger partial charge in [0.25, 0.3) is 0 Å². The molecule has 1 rings (SSSR count). The van der Waals surface area contributed by atoms with Gasteiger partial charge in [0.2, 0.25) is 10.0 Å². The van der Waals surface area contributed by atoms with Crippen LogP contribution in [0.1, 0.15) is 24.8 Å². The van der Waals surface area contributed by atoms with Crippen LogP contribution in [-0.2, 0) is 16.6 Å². The Bertz CT molecular complexity index is 457. The normalized spacial score (nSPS) is 11.7. The van der Waals surface area contributed by atoms with Crippen LogP contribution >= 0.6 is 11.8 Å². The first-order valence-corrected chi connectivity index (χ1v) is 9.16. The SMILES string of the molecule is CSCCCCCNS(=O)(=O)c1ccc(CO)cc1. The third kappa shape index (κ3) is 5.95. The minimum atomic E-state index is -3.41. The zero-order chi connectivity index (χ0) is 14.1. The number of aliphatic hydroxyl groups excluding tert-OH is 1. The molecule has 0 atom stereocenters. The minimum Gasteiger partial charge on any atom is -0.392 e. The van der Waals surface area contributed by atoms with Crippen molar-refractivity contribution < 1.29 is 13.5 Å². The summed E-state index contributed by atoms with van der Waals surface area (Å²) in [6.07, 6.45) is 5.08. The second-order valence-electron chi connectivity index (χ2n) is 4.25. The number of unbranched alkanes of at least 4 members (excludes halogenated alkanes) is 2. The molecule has 0 amide bonds. The highest BCUT2D eigenvalue weighted by molar-refractivity contribution is 7.98. The first-order valence-electron chi connectivity index (χ1n) is 6.28. The number of benzene rings is 1. The van der Waals surface area contributed by atoms with Crippen molar-refractivity contribution in [1.29, 1.82) is 0 Å². The molecule has 19 heavy (non-hydrogen) atoms. The number of aliphatic hydroxyl groups is 1. The van der Waals surface area contributed by atoms with E-state index in [9.17, 15) is 8.42 Å². The molecule has 1 aromatic rings. The van der Waals surface area contributed by atoms with Crippen LogP contribution in [0.25, 0.3) is 0 Å². The van der Waals surface area contributed by atoms with Crippen molar-refractivity contribution in [2.75, 3.05) is 18.6 Å². The molecular weight excluding hydrogens is 282 g/mol. The van der Waals surface area contributed by atoms with E-state index in [4.69, 9.17) is 5.11 Å². The van der Waals surface area contributed by atoms with E-state index in [0.717, 1.165) is 25.0 Å². The average molecular weight is 303 g/mol. The van der Waals surface area contributed by atoms with Crippen LogP contribution in [-0.4, -0.2) is 32.1 Å². The van der Waals surface area contributed by atoms with E-state index in [0.29, 0.717) is 12.1 Å². The first kappa shape index (κ1) is 16.5. The Morgan fingerprint density at radius 1 is 1.16 bits per heavy atom. The van der Waals surface area contributed by atoms with E-state index in [1.165, 1.54) is 12.1 Å². The molecule has 0 heterocycles. The fraction of sp³-hybridized carbons (Fsp3) is 0.538. The first-order chi connectivity index (χ1) is 9.10. The van der Waals surface area contributed by atoms with Crippen LogP contribution in [0.3, 0.4) is 0 Å². The van der Waals surface area contributed by atoms with Gasteiger partial charge in [0.15, 0.2) is 0 Å². The maximum absolute atomic E-state index is 11.9. The largest absolute Gasteiger partial charge is 0.392 e. The van der Waals surface area contributed by atoms with Gasteiger partial charge in [-0.1, -0.05) is 18.6 Å². The van der Waals surface area contributed by atoms with Gasteiger partial charge in [-0.2, -0.15) is 11.8 Å². The summed E-state index contributed by atoms with van der Waals surface area (Å²) in [6, 6.07) is 6.27. The number of hydrogen-bond acceptors (Lipinski definition) is 4. The van der Waals surface area contributed by atoms with Crippen molar-refractivity contribution in [1.82, 2.24) is 4.72 Å². The van der Waals surface area contributed by atoms with Crippen LogP contribution in [0.5, 0.6) is 0 Å². The summed E-state index contributed by atoms with van der Waals surface area (Å²) < 4.78 is 26.5. The number of nitrogens with one attached hydrogen (secondary N) is 1. The van der Waals surface area contributed by atoms with Crippen molar-refractivity contribution in [2.45, 2.75) is 30.8 Å². The molecule has 0 aliphatic heterocycles. The summed E-state index contributed by atoms with van der Waals surface area (Å²) in [5.41, 5.74) is 0.705. The molecule has 2 N–H and O–H groups in total. The minimum absolute atomic E-state index is 0.0802. The van der Waals surface area contributed by atoms with Crippen LogP contribution in [0, 0.1) is 0 Å². The van der Waals surface area contributed by atoms with E-state index < -0.39 is 10.0 Å². The lowest BCUT2D eigenvalue weighted by Crippen LogP contribution is -2.24. The van der Waals surface area contributed by atoms with Crippen molar-refractivity contribution in [3.8, 4) is 0 Å². The molecule has 0 aliphatic rings. The van der Waals surface area contributed by atoms with E-state index in [1.807, 2.05) is 0 Å². The van der Waals surface area contributed by atoms with Gasteiger partial charge in [0.05, 0.1) is 11.5 Å². The summed E-state index contributed by atoms with van der Waals surface area (Å²) in [6.45, 7) is 0.391. The predicted octanol–water partition coefficient (Wildman–Crippen LogP) is 1.99. The topological polar surface area (TPSA) is 66.4 Å². The molecule has 108 valence electrons. The molecule has 0 bridgehead atoms. The Balaban J connectivity index is 2.42. The summed E-state index contributed by atoms with van der Waals surface area (Å²) in [5.74, 6) is 1.12. The second-order valence-corrected chi connectivity index (χ2v) is 7.01. The lowest BCUT2D eigenvalue weighted by Gasteiger charge is -2.07. The lowest BCUT2D eigenvalue weighted by atomic mass is 10.2. The molecule has 4 nitrogen and oxygen atoms in total. The third-order valence-corrected chi connectivity index (χ3v) is 4.91. The van der Waals surface area contributed by atoms with Crippen LogP contribution in [0.2, 0.25) is 0 Å². The standard InChI is InChI=1S/C13H21NO3S2/c1-18-10-4-2-3-9-14-19(16,17)13-7-5-12(11-15)6-8-13/h5-8,14-15H,2-4,9-11H2,1H3. The number of sulfonamides is 1. The van der Waals surface area contributed by atoms with Crippen molar-refractivity contribution in [2.24, 2.45) is 0 Å². The van der Waals surface area contributed by atoms with Crippen LogP contribution in [0.15, 0.2) is 29.2 Å². The Hall–Kier alpha value is -0.560. The molecule has 0 aliphatic carbocycles. The fourth-order valence-electron chi connectivity index (χ4n) is 1.61. The number of thioether (sulfide) groups is 1.